The minimum atomic E-state index is -0.429. The van der Waals surface area contributed by atoms with Gasteiger partial charge in [0, 0.05) is 30.1 Å². The molecular formula is C20H23ClN4O2. The van der Waals surface area contributed by atoms with Gasteiger partial charge < -0.3 is 16.4 Å². The van der Waals surface area contributed by atoms with E-state index in [1.165, 1.54) is 5.56 Å². The van der Waals surface area contributed by atoms with Crippen molar-refractivity contribution in [3.8, 4) is 0 Å². The Morgan fingerprint density at radius 1 is 1.07 bits per heavy atom. The van der Waals surface area contributed by atoms with Crippen molar-refractivity contribution in [2.75, 3.05) is 18.4 Å². The normalized spacial score (nSPS) is 13.6. The summed E-state index contributed by atoms with van der Waals surface area (Å²) < 4.78 is 0. The van der Waals surface area contributed by atoms with Crippen LogP contribution in [0, 0.1) is 0 Å². The molecule has 0 atom stereocenters. The molecule has 6 nitrogen and oxygen atoms in total. The summed E-state index contributed by atoms with van der Waals surface area (Å²) in [5.41, 5.74) is 7.30. The molecule has 0 aromatic heterocycles. The van der Waals surface area contributed by atoms with Gasteiger partial charge in [-0.2, -0.15) is 0 Å². The summed E-state index contributed by atoms with van der Waals surface area (Å²) in [5.74, 6) is 0.176. The lowest BCUT2D eigenvalue weighted by molar-refractivity contribution is -0.120. The van der Waals surface area contributed by atoms with Crippen molar-refractivity contribution in [3.63, 3.8) is 0 Å². The summed E-state index contributed by atoms with van der Waals surface area (Å²) in [6.45, 7) is 0.318. The molecule has 0 saturated carbocycles. The summed E-state index contributed by atoms with van der Waals surface area (Å²) in [4.78, 5) is 26.3. The van der Waals surface area contributed by atoms with Gasteiger partial charge in [-0.15, -0.1) is 0 Å². The number of nitrogens with zero attached hydrogens (tertiary/aromatic N) is 1. The number of amides is 2. The maximum absolute atomic E-state index is 11.5. The number of nitrogens with one attached hydrogen (secondary N) is 2. The molecule has 0 spiro atoms. The Morgan fingerprint density at radius 3 is 2.44 bits per heavy atom. The molecule has 1 aliphatic heterocycles. The molecule has 0 aliphatic carbocycles. The largest absolute Gasteiger partial charge is 0.370 e. The summed E-state index contributed by atoms with van der Waals surface area (Å²) in [6, 6.07) is 17.5. The number of primary amides is 1. The molecule has 3 rings (SSSR count). The third-order valence-corrected chi connectivity index (χ3v) is 4.02. The lowest BCUT2D eigenvalue weighted by atomic mass is 10.0. The minimum Gasteiger partial charge on any atom is -0.370 e. The van der Waals surface area contributed by atoms with Gasteiger partial charge in [0.1, 0.15) is 12.4 Å². The van der Waals surface area contributed by atoms with E-state index in [1.807, 2.05) is 48.5 Å². The first kappa shape index (κ1) is 20.5. The predicted octanol–water partition coefficient (Wildman–Crippen LogP) is 2.77. The van der Waals surface area contributed by atoms with E-state index in [0.717, 1.165) is 29.4 Å². The summed E-state index contributed by atoms with van der Waals surface area (Å²) in [6.07, 6.45) is 1.87. The van der Waals surface area contributed by atoms with Crippen molar-refractivity contribution in [1.29, 1.82) is 0 Å². The number of carbonyl (C=O) groups is 2. The quantitative estimate of drug-likeness (QED) is 0.737. The molecule has 27 heavy (non-hydrogen) atoms. The zero-order valence-corrected chi connectivity index (χ0v) is 15.7. The van der Waals surface area contributed by atoms with Crippen LogP contribution in [0.25, 0.3) is 0 Å². The number of halogens is 1. The Balaban J connectivity index is 0.000000313. The fourth-order valence-electron chi connectivity index (χ4n) is 2.41. The van der Waals surface area contributed by atoms with E-state index in [0.29, 0.717) is 0 Å². The zero-order valence-electron chi connectivity index (χ0n) is 15.0. The molecule has 0 bridgehead atoms. The van der Waals surface area contributed by atoms with Crippen LogP contribution in [-0.2, 0) is 16.0 Å². The average molecular weight is 387 g/mol. The summed E-state index contributed by atoms with van der Waals surface area (Å²) in [7, 11) is 0. The maximum Gasteiger partial charge on any atom is 0.241 e. The zero-order chi connectivity index (χ0) is 19.5. The molecule has 2 aromatic rings. The molecule has 1 heterocycles. The van der Waals surface area contributed by atoms with Gasteiger partial charge in [0.25, 0.3) is 0 Å². The van der Waals surface area contributed by atoms with Gasteiger partial charge >= 0.3 is 0 Å². The van der Waals surface area contributed by atoms with E-state index >= 15 is 0 Å². The van der Waals surface area contributed by atoms with Gasteiger partial charge in [-0.1, -0.05) is 48.0 Å². The van der Waals surface area contributed by atoms with Crippen LogP contribution in [-0.4, -0.2) is 30.7 Å². The minimum absolute atomic E-state index is 0.0588. The van der Waals surface area contributed by atoms with Crippen molar-refractivity contribution in [2.24, 2.45) is 10.7 Å². The highest BCUT2D eigenvalue weighted by molar-refractivity contribution is 6.30. The molecule has 0 saturated heterocycles. The molecule has 4 N–H and O–H groups in total. The van der Waals surface area contributed by atoms with E-state index in [-0.39, 0.29) is 25.4 Å². The lowest BCUT2D eigenvalue weighted by Gasteiger charge is -2.19. The fraction of sp³-hybridized carbons (Fsp3) is 0.250. The number of anilines is 1. The van der Waals surface area contributed by atoms with Crippen molar-refractivity contribution >= 4 is 34.9 Å². The first-order valence-electron chi connectivity index (χ1n) is 8.68. The van der Waals surface area contributed by atoms with Crippen molar-refractivity contribution in [2.45, 2.75) is 19.3 Å². The number of para-hydroxylation sites is 1. The van der Waals surface area contributed by atoms with Crippen LogP contribution >= 0.6 is 11.6 Å². The van der Waals surface area contributed by atoms with Crippen LogP contribution in [0.1, 0.15) is 18.4 Å². The van der Waals surface area contributed by atoms with Crippen LogP contribution in [0.15, 0.2) is 59.6 Å². The van der Waals surface area contributed by atoms with Crippen LogP contribution < -0.4 is 16.4 Å². The topological polar surface area (TPSA) is 96.6 Å². The number of amidine groups is 1. The highest BCUT2D eigenvalue weighted by Crippen LogP contribution is 2.21. The number of hydrogen-bond acceptors (Lipinski definition) is 3. The van der Waals surface area contributed by atoms with E-state index in [1.54, 1.807) is 0 Å². The number of rotatable bonds is 5. The smallest absolute Gasteiger partial charge is 0.241 e. The Labute approximate surface area is 163 Å². The second-order valence-electron chi connectivity index (χ2n) is 5.91. The molecular weight excluding hydrogens is 364 g/mol. The second-order valence-corrected chi connectivity index (χ2v) is 6.34. The van der Waals surface area contributed by atoms with E-state index in [2.05, 4.69) is 21.7 Å². The van der Waals surface area contributed by atoms with Crippen LogP contribution in [0.2, 0.25) is 5.02 Å². The van der Waals surface area contributed by atoms with Gasteiger partial charge in [0.15, 0.2) is 0 Å². The number of aliphatic imine (C=N–C) groups is 1. The first-order chi connectivity index (χ1) is 13.0. The number of aryl methyl sites for hydroxylation is 1. The van der Waals surface area contributed by atoms with Crippen LogP contribution in [0.4, 0.5) is 5.69 Å². The summed E-state index contributed by atoms with van der Waals surface area (Å²) >= 11 is 5.54. The molecule has 0 unspecified atom stereocenters. The number of carbonyl (C=O) groups excluding carboxylic acids is 2. The monoisotopic (exact) mass is 386 g/mol. The van der Waals surface area contributed by atoms with Gasteiger partial charge in [-0.3, -0.25) is 14.6 Å². The molecule has 142 valence electrons. The number of nitrogens with two attached hydrogens (primary N) is 1. The van der Waals surface area contributed by atoms with Crippen LogP contribution in [0.3, 0.4) is 0 Å². The van der Waals surface area contributed by atoms with Crippen LogP contribution in [0.5, 0.6) is 0 Å². The molecule has 7 heteroatoms. The van der Waals surface area contributed by atoms with Crippen molar-refractivity contribution in [3.05, 3.63) is 65.2 Å². The third-order valence-electron chi connectivity index (χ3n) is 3.77. The van der Waals surface area contributed by atoms with Crippen molar-refractivity contribution in [1.82, 2.24) is 5.32 Å². The number of hydrogen-bond donors (Lipinski definition) is 3. The molecule has 1 aliphatic rings. The third kappa shape index (κ3) is 7.92. The maximum atomic E-state index is 11.5. The molecule has 2 aromatic carbocycles. The Morgan fingerprint density at radius 2 is 1.78 bits per heavy atom. The highest BCUT2D eigenvalue weighted by Gasteiger charge is 2.12. The molecule has 2 amide bonds. The van der Waals surface area contributed by atoms with E-state index < -0.39 is 5.91 Å². The van der Waals surface area contributed by atoms with Gasteiger partial charge in [0.05, 0.1) is 0 Å². The number of benzene rings is 2. The molecule has 0 radical (unpaired) electrons. The average Bonchev–Trinajstić information content (AvgIpc) is 2.67. The first-order valence-corrected chi connectivity index (χ1v) is 9.06. The lowest BCUT2D eigenvalue weighted by Crippen LogP contribution is -2.30. The Kier molecular flexibility index (Phi) is 8.32. The standard InChI is InChI=1S/C14H18N4O2.C6H5Cl/c15-12(19)7-8-16-14(20)9-17-13-6-5-10-3-1-2-4-11(10)18-13;7-6-4-2-1-3-5-6/h1-4H,5-9H2,(H2,15,19)(H,16,20)(H,17,18);1-5H. The van der Waals surface area contributed by atoms with Crippen molar-refractivity contribution < 1.29 is 9.59 Å². The predicted molar refractivity (Wildman–Crippen MR) is 109 cm³/mol. The fourth-order valence-corrected chi connectivity index (χ4v) is 2.56. The second kappa shape index (κ2) is 11.0. The SMILES string of the molecule is Clc1ccccc1.NC(=O)CCNC(=O)CN=C1CCc2ccccc2N1. The Hall–Kier alpha value is -2.86. The number of fused-ring (bicyclic) bond motifs is 1. The summed E-state index contributed by atoms with van der Waals surface area (Å²) in [5, 5.41) is 6.61. The van der Waals surface area contributed by atoms with Gasteiger partial charge in [0.2, 0.25) is 11.8 Å². The van der Waals surface area contributed by atoms with Gasteiger partial charge in [-0.25, -0.2) is 0 Å². The van der Waals surface area contributed by atoms with Gasteiger partial charge in [-0.05, 0) is 30.2 Å². The Bertz CT molecular complexity index is 794. The van der Waals surface area contributed by atoms with E-state index in [4.69, 9.17) is 17.3 Å². The highest BCUT2D eigenvalue weighted by atomic mass is 35.5. The van der Waals surface area contributed by atoms with E-state index in [9.17, 15) is 9.59 Å². The molecule has 0 fully saturated rings.